The van der Waals surface area contributed by atoms with E-state index in [9.17, 15) is 9.59 Å². The third kappa shape index (κ3) is 3.14. The molecule has 0 aliphatic heterocycles. The number of nitrogens with one attached hydrogen (secondary N) is 1. The Labute approximate surface area is 78.3 Å². The van der Waals surface area contributed by atoms with Crippen LogP contribution in [0.5, 0.6) is 0 Å². The number of hydrogen-bond acceptors (Lipinski definition) is 3. The van der Waals surface area contributed by atoms with Crippen LogP contribution < -0.4 is 5.32 Å². The van der Waals surface area contributed by atoms with Crippen LogP contribution in [-0.4, -0.2) is 29.4 Å². The first-order chi connectivity index (χ1) is 5.83. The number of carboxylic acids is 1. The zero-order valence-corrected chi connectivity index (χ0v) is 8.55. The highest BCUT2D eigenvalue weighted by Crippen LogP contribution is 2.15. The lowest BCUT2D eigenvalue weighted by Crippen LogP contribution is -2.50. The fourth-order valence-electron chi connectivity index (χ4n) is 1.24. The second kappa shape index (κ2) is 4.37. The van der Waals surface area contributed by atoms with Crippen molar-refractivity contribution in [2.45, 2.75) is 32.7 Å². The molecule has 2 N–H and O–H groups in total. The minimum atomic E-state index is -0.967. The quantitative estimate of drug-likeness (QED) is 0.663. The molecule has 0 aliphatic carbocycles. The lowest BCUT2D eigenvalue weighted by Gasteiger charge is -2.27. The largest absolute Gasteiger partial charge is 0.481 e. The maximum Gasteiger partial charge on any atom is 0.305 e. The van der Waals surface area contributed by atoms with E-state index in [0.29, 0.717) is 0 Å². The molecular formula is C9H17NO3. The van der Waals surface area contributed by atoms with E-state index >= 15 is 0 Å². The van der Waals surface area contributed by atoms with Gasteiger partial charge in [0.1, 0.15) is 0 Å². The Morgan fingerprint density at radius 1 is 1.46 bits per heavy atom. The SMILES string of the molecule is CNC(C)(CC(=O)O)C(=O)C(C)C. The first-order valence-electron chi connectivity index (χ1n) is 4.28. The molecule has 0 aliphatic rings. The van der Waals surface area contributed by atoms with Crippen molar-refractivity contribution in [3.8, 4) is 0 Å². The molecule has 0 radical (unpaired) electrons. The van der Waals surface area contributed by atoms with Crippen molar-refractivity contribution in [1.82, 2.24) is 5.32 Å². The minimum Gasteiger partial charge on any atom is -0.481 e. The molecule has 0 rings (SSSR count). The molecule has 0 aromatic carbocycles. The highest BCUT2D eigenvalue weighted by molar-refractivity contribution is 5.92. The molecule has 0 spiro atoms. The van der Waals surface area contributed by atoms with Crippen LogP contribution in [-0.2, 0) is 9.59 Å². The van der Waals surface area contributed by atoms with Crippen molar-refractivity contribution in [3.05, 3.63) is 0 Å². The van der Waals surface area contributed by atoms with Crippen molar-refractivity contribution >= 4 is 11.8 Å². The molecule has 1 atom stereocenters. The van der Waals surface area contributed by atoms with Crippen LogP contribution in [0.4, 0.5) is 0 Å². The van der Waals surface area contributed by atoms with Crippen molar-refractivity contribution in [2.24, 2.45) is 5.92 Å². The van der Waals surface area contributed by atoms with Gasteiger partial charge in [-0.3, -0.25) is 9.59 Å². The van der Waals surface area contributed by atoms with Crippen molar-refractivity contribution in [3.63, 3.8) is 0 Å². The van der Waals surface area contributed by atoms with Gasteiger partial charge in [0.15, 0.2) is 5.78 Å². The van der Waals surface area contributed by atoms with Gasteiger partial charge >= 0.3 is 5.97 Å². The summed E-state index contributed by atoms with van der Waals surface area (Å²) in [6.07, 6.45) is -0.180. The minimum absolute atomic E-state index is 0.0719. The number of aliphatic carboxylic acids is 1. The highest BCUT2D eigenvalue weighted by atomic mass is 16.4. The number of carbonyl (C=O) groups excluding carboxylic acids is 1. The molecule has 0 bridgehead atoms. The monoisotopic (exact) mass is 187 g/mol. The van der Waals surface area contributed by atoms with Crippen LogP contribution in [0, 0.1) is 5.92 Å². The van der Waals surface area contributed by atoms with E-state index in [1.54, 1.807) is 27.8 Å². The van der Waals surface area contributed by atoms with Gasteiger partial charge in [-0.05, 0) is 14.0 Å². The summed E-state index contributed by atoms with van der Waals surface area (Å²) < 4.78 is 0. The Kier molecular flexibility index (Phi) is 4.07. The van der Waals surface area contributed by atoms with Crippen LogP contribution in [0.2, 0.25) is 0 Å². The number of carbonyl (C=O) groups is 2. The summed E-state index contributed by atoms with van der Waals surface area (Å²) in [5, 5.41) is 11.4. The van der Waals surface area contributed by atoms with Crippen LogP contribution in [0.25, 0.3) is 0 Å². The van der Waals surface area contributed by atoms with E-state index in [0.717, 1.165) is 0 Å². The van der Waals surface area contributed by atoms with Gasteiger partial charge in [-0.1, -0.05) is 13.8 Å². The molecule has 4 nitrogen and oxygen atoms in total. The normalized spacial score (nSPS) is 15.5. The van der Waals surface area contributed by atoms with Gasteiger partial charge in [0.2, 0.25) is 0 Å². The Hall–Kier alpha value is -0.900. The van der Waals surface area contributed by atoms with Gasteiger partial charge in [-0.25, -0.2) is 0 Å². The molecule has 1 unspecified atom stereocenters. The van der Waals surface area contributed by atoms with Gasteiger partial charge in [0, 0.05) is 5.92 Å². The topological polar surface area (TPSA) is 66.4 Å². The number of Topliss-reactive ketones (excluding diaryl/α,β-unsaturated/α-hetero) is 1. The van der Waals surface area contributed by atoms with Crippen molar-refractivity contribution < 1.29 is 14.7 Å². The molecule has 0 amide bonds. The second-order valence-corrected chi connectivity index (χ2v) is 3.67. The Bertz CT molecular complexity index is 213. The number of hydrogen-bond donors (Lipinski definition) is 2. The number of likely N-dealkylation sites (N-methyl/N-ethyl adjacent to an activating group) is 1. The average Bonchev–Trinajstić information content (AvgIpc) is 2.01. The molecule has 0 fully saturated rings. The van der Waals surface area contributed by atoms with Crippen LogP contribution >= 0.6 is 0 Å². The average molecular weight is 187 g/mol. The summed E-state index contributed by atoms with van der Waals surface area (Å²) in [5.41, 5.74) is -0.944. The molecule has 0 aromatic rings. The summed E-state index contributed by atoms with van der Waals surface area (Å²) in [7, 11) is 1.60. The maximum absolute atomic E-state index is 11.6. The third-order valence-corrected chi connectivity index (χ3v) is 2.12. The van der Waals surface area contributed by atoms with E-state index in [-0.39, 0.29) is 18.1 Å². The first kappa shape index (κ1) is 12.1. The highest BCUT2D eigenvalue weighted by Gasteiger charge is 2.34. The molecule has 0 saturated heterocycles. The summed E-state index contributed by atoms with van der Waals surface area (Å²) in [5.74, 6) is -1.19. The lowest BCUT2D eigenvalue weighted by molar-refractivity contribution is -0.142. The Balaban J connectivity index is 4.62. The number of carboxylic acid groups (broad SMARTS) is 1. The van der Waals surface area contributed by atoms with E-state index in [1.807, 2.05) is 0 Å². The summed E-state index contributed by atoms with van der Waals surface area (Å²) in [6, 6.07) is 0. The zero-order chi connectivity index (χ0) is 10.6. The van der Waals surface area contributed by atoms with Gasteiger partial charge in [-0.15, -0.1) is 0 Å². The Morgan fingerprint density at radius 3 is 2.15 bits per heavy atom. The van der Waals surface area contributed by atoms with Crippen LogP contribution in [0.15, 0.2) is 0 Å². The molecule has 0 heterocycles. The number of rotatable bonds is 5. The molecule has 4 heteroatoms. The lowest BCUT2D eigenvalue weighted by atomic mass is 9.86. The van der Waals surface area contributed by atoms with Crippen LogP contribution in [0.3, 0.4) is 0 Å². The van der Waals surface area contributed by atoms with Gasteiger partial charge in [0.25, 0.3) is 0 Å². The summed E-state index contributed by atoms with van der Waals surface area (Å²) >= 11 is 0. The van der Waals surface area contributed by atoms with Gasteiger partial charge in [0.05, 0.1) is 12.0 Å². The van der Waals surface area contributed by atoms with E-state index in [1.165, 1.54) is 0 Å². The molecule has 0 saturated carbocycles. The van der Waals surface area contributed by atoms with Gasteiger partial charge in [-0.2, -0.15) is 0 Å². The molecule has 76 valence electrons. The Morgan fingerprint density at radius 2 is 1.92 bits per heavy atom. The predicted molar refractivity (Wildman–Crippen MR) is 49.6 cm³/mol. The van der Waals surface area contributed by atoms with Gasteiger partial charge < -0.3 is 10.4 Å². The summed E-state index contributed by atoms with van der Waals surface area (Å²) in [4.78, 5) is 22.1. The standard InChI is InChI=1S/C9H17NO3/c1-6(2)8(13)9(3,10-4)5-7(11)12/h6,10H,5H2,1-4H3,(H,11,12). The third-order valence-electron chi connectivity index (χ3n) is 2.12. The second-order valence-electron chi connectivity index (χ2n) is 3.67. The zero-order valence-electron chi connectivity index (χ0n) is 8.55. The van der Waals surface area contributed by atoms with Crippen LogP contribution in [0.1, 0.15) is 27.2 Å². The van der Waals surface area contributed by atoms with E-state index < -0.39 is 11.5 Å². The number of ketones is 1. The fraction of sp³-hybridized carbons (Fsp3) is 0.778. The maximum atomic E-state index is 11.6. The van der Waals surface area contributed by atoms with Crippen molar-refractivity contribution in [1.29, 1.82) is 0 Å². The first-order valence-corrected chi connectivity index (χ1v) is 4.28. The predicted octanol–water partition coefficient (Wildman–Crippen LogP) is 0.664. The van der Waals surface area contributed by atoms with Crippen molar-refractivity contribution in [2.75, 3.05) is 7.05 Å². The van der Waals surface area contributed by atoms with E-state index in [4.69, 9.17) is 5.11 Å². The van der Waals surface area contributed by atoms with E-state index in [2.05, 4.69) is 5.32 Å². The smallest absolute Gasteiger partial charge is 0.305 e. The molecule has 0 aromatic heterocycles. The fourth-order valence-corrected chi connectivity index (χ4v) is 1.24. The molecular weight excluding hydrogens is 170 g/mol. The summed E-state index contributed by atoms with van der Waals surface area (Å²) in [6.45, 7) is 5.14. The molecule has 13 heavy (non-hydrogen) atoms.